The molecule has 1 aliphatic rings. The number of hydrogen-bond acceptors (Lipinski definition) is 5. The zero-order valence-electron chi connectivity index (χ0n) is 15.3. The second kappa shape index (κ2) is 8.32. The highest BCUT2D eigenvalue weighted by Gasteiger charge is 2.28. The Morgan fingerprint density at radius 1 is 1.08 bits per heavy atom. The molecule has 2 heterocycles. The van der Waals surface area contributed by atoms with Crippen molar-refractivity contribution in [3.8, 4) is 11.5 Å². The smallest absolute Gasteiger partial charge is 0.165 e. The fourth-order valence-electron chi connectivity index (χ4n) is 3.60. The van der Waals surface area contributed by atoms with E-state index in [4.69, 9.17) is 9.47 Å². The molecule has 5 nitrogen and oxygen atoms in total. The van der Waals surface area contributed by atoms with Gasteiger partial charge < -0.3 is 14.8 Å². The van der Waals surface area contributed by atoms with Gasteiger partial charge >= 0.3 is 0 Å². The average molecular weight is 341 g/mol. The molecule has 1 aliphatic heterocycles. The van der Waals surface area contributed by atoms with Crippen LogP contribution in [0, 0.1) is 6.92 Å². The van der Waals surface area contributed by atoms with Crippen LogP contribution in [0.4, 0.5) is 0 Å². The molecule has 0 spiro atoms. The van der Waals surface area contributed by atoms with Gasteiger partial charge in [0.1, 0.15) is 0 Å². The molecule has 2 aromatic rings. The third-order valence-electron chi connectivity index (χ3n) is 4.83. The van der Waals surface area contributed by atoms with Crippen LogP contribution in [0.3, 0.4) is 0 Å². The van der Waals surface area contributed by atoms with Crippen LogP contribution in [0.1, 0.15) is 29.2 Å². The van der Waals surface area contributed by atoms with Gasteiger partial charge in [-0.05, 0) is 43.1 Å². The van der Waals surface area contributed by atoms with Gasteiger partial charge in [-0.3, -0.25) is 9.88 Å². The second-order valence-corrected chi connectivity index (χ2v) is 6.36. The van der Waals surface area contributed by atoms with E-state index in [9.17, 15) is 0 Å². The first-order valence-electron chi connectivity index (χ1n) is 8.82. The van der Waals surface area contributed by atoms with Crippen molar-refractivity contribution in [3.05, 3.63) is 53.3 Å². The van der Waals surface area contributed by atoms with Crippen LogP contribution in [0.25, 0.3) is 0 Å². The third kappa shape index (κ3) is 3.78. The molecule has 1 N–H and O–H groups in total. The Labute approximate surface area is 150 Å². The Morgan fingerprint density at radius 3 is 2.72 bits per heavy atom. The summed E-state index contributed by atoms with van der Waals surface area (Å²) < 4.78 is 11.3. The van der Waals surface area contributed by atoms with E-state index in [-0.39, 0.29) is 6.04 Å². The number of pyridine rings is 1. The van der Waals surface area contributed by atoms with Gasteiger partial charge in [0.15, 0.2) is 11.5 Å². The number of para-hydroxylation sites is 1. The van der Waals surface area contributed by atoms with E-state index in [0.717, 1.165) is 49.7 Å². The molecule has 0 saturated carbocycles. The van der Waals surface area contributed by atoms with Crippen LogP contribution in [-0.2, 0) is 0 Å². The number of benzene rings is 1. The first-order chi connectivity index (χ1) is 12.3. The normalized spacial score (nSPS) is 16.9. The van der Waals surface area contributed by atoms with Gasteiger partial charge in [0, 0.05) is 37.6 Å². The molecule has 3 rings (SSSR count). The van der Waals surface area contributed by atoms with Crippen molar-refractivity contribution in [2.75, 3.05) is 40.4 Å². The third-order valence-corrected chi connectivity index (χ3v) is 4.83. The topological polar surface area (TPSA) is 46.6 Å². The summed E-state index contributed by atoms with van der Waals surface area (Å²) in [7, 11) is 3.39. The van der Waals surface area contributed by atoms with Gasteiger partial charge in [-0.2, -0.15) is 0 Å². The van der Waals surface area contributed by atoms with E-state index < -0.39 is 0 Å². The van der Waals surface area contributed by atoms with E-state index in [1.54, 1.807) is 14.2 Å². The van der Waals surface area contributed by atoms with Crippen molar-refractivity contribution >= 4 is 0 Å². The summed E-state index contributed by atoms with van der Waals surface area (Å²) in [5.41, 5.74) is 3.59. The van der Waals surface area contributed by atoms with Gasteiger partial charge in [-0.25, -0.2) is 0 Å². The second-order valence-electron chi connectivity index (χ2n) is 6.36. The van der Waals surface area contributed by atoms with Crippen LogP contribution in [-0.4, -0.2) is 50.3 Å². The van der Waals surface area contributed by atoms with Crippen LogP contribution in [0.15, 0.2) is 36.7 Å². The number of nitrogens with one attached hydrogen (secondary N) is 1. The number of nitrogens with zero attached hydrogens (tertiary/aromatic N) is 2. The Bertz CT molecular complexity index is 697. The van der Waals surface area contributed by atoms with Gasteiger partial charge in [-0.1, -0.05) is 12.1 Å². The quantitative estimate of drug-likeness (QED) is 0.906. The maximum atomic E-state index is 5.75. The lowest BCUT2D eigenvalue weighted by Gasteiger charge is -2.33. The van der Waals surface area contributed by atoms with E-state index in [1.807, 2.05) is 24.5 Å². The molecular weight excluding hydrogens is 314 g/mol. The highest BCUT2D eigenvalue weighted by Crippen LogP contribution is 2.40. The maximum Gasteiger partial charge on any atom is 0.165 e. The maximum absolute atomic E-state index is 5.75. The first-order valence-corrected chi connectivity index (χ1v) is 8.82. The zero-order valence-corrected chi connectivity index (χ0v) is 15.3. The molecule has 1 unspecified atom stereocenters. The van der Waals surface area contributed by atoms with Gasteiger partial charge in [0.05, 0.1) is 20.3 Å². The summed E-state index contributed by atoms with van der Waals surface area (Å²) in [6.45, 7) is 6.21. The Hall–Kier alpha value is -2.11. The fourth-order valence-corrected chi connectivity index (χ4v) is 3.60. The number of methoxy groups -OCH3 is 2. The van der Waals surface area contributed by atoms with E-state index in [0.29, 0.717) is 0 Å². The Kier molecular flexibility index (Phi) is 5.89. The molecule has 0 bridgehead atoms. The van der Waals surface area contributed by atoms with E-state index in [1.165, 1.54) is 11.1 Å². The molecule has 0 radical (unpaired) electrons. The minimum atomic E-state index is 0.118. The first kappa shape index (κ1) is 17.7. The highest BCUT2D eigenvalue weighted by molar-refractivity contribution is 5.51. The number of hydrogen-bond donors (Lipinski definition) is 1. The predicted molar refractivity (Wildman–Crippen MR) is 99.4 cm³/mol. The van der Waals surface area contributed by atoms with E-state index in [2.05, 4.69) is 34.3 Å². The van der Waals surface area contributed by atoms with Crippen LogP contribution in [0.5, 0.6) is 11.5 Å². The molecule has 134 valence electrons. The van der Waals surface area contributed by atoms with Crippen molar-refractivity contribution in [2.24, 2.45) is 0 Å². The highest BCUT2D eigenvalue weighted by atomic mass is 16.5. The fraction of sp³-hybridized carbons (Fsp3) is 0.450. The number of ether oxygens (including phenoxy) is 2. The molecule has 0 amide bonds. The molecule has 1 aromatic heterocycles. The zero-order chi connectivity index (χ0) is 17.6. The molecule has 1 atom stereocenters. The summed E-state index contributed by atoms with van der Waals surface area (Å²) >= 11 is 0. The molecule has 5 heteroatoms. The Morgan fingerprint density at radius 2 is 1.96 bits per heavy atom. The van der Waals surface area contributed by atoms with Crippen LogP contribution < -0.4 is 14.8 Å². The average Bonchev–Trinajstić information content (AvgIpc) is 2.92. The monoisotopic (exact) mass is 341 g/mol. The summed E-state index contributed by atoms with van der Waals surface area (Å²) in [5, 5.41) is 3.49. The van der Waals surface area contributed by atoms with Crippen molar-refractivity contribution in [3.63, 3.8) is 0 Å². The van der Waals surface area contributed by atoms with Crippen LogP contribution in [0.2, 0.25) is 0 Å². The summed E-state index contributed by atoms with van der Waals surface area (Å²) in [4.78, 5) is 6.80. The van der Waals surface area contributed by atoms with Gasteiger partial charge in [0.25, 0.3) is 0 Å². The van der Waals surface area contributed by atoms with Gasteiger partial charge in [-0.15, -0.1) is 0 Å². The van der Waals surface area contributed by atoms with Crippen molar-refractivity contribution < 1.29 is 9.47 Å². The number of aromatic nitrogens is 1. The summed E-state index contributed by atoms with van der Waals surface area (Å²) in [6, 6.07) is 8.37. The van der Waals surface area contributed by atoms with Crippen LogP contribution >= 0.6 is 0 Å². The molecular formula is C20H27N3O2. The van der Waals surface area contributed by atoms with Crippen molar-refractivity contribution in [2.45, 2.75) is 19.4 Å². The lowest BCUT2D eigenvalue weighted by atomic mass is 9.93. The minimum absolute atomic E-state index is 0.118. The van der Waals surface area contributed by atoms with Crippen molar-refractivity contribution in [1.82, 2.24) is 15.2 Å². The van der Waals surface area contributed by atoms with E-state index >= 15 is 0 Å². The molecule has 1 fully saturated rings. The number of aryl methyl sites for hydroxylation is 1. The summed E-state index contributed by atoms with van der Waals surface area (Å²) in [5.74, 6) is 1.58. The largest absolute Gasteiger partial charge is 0.493 e. The predicted octanol–water partition coefficient (Wildman–Crippen LogP) is 2.79. The molecule has 25 heavy (non-hydrogen) atoms. The Balaban J connectivity index is 2.13. The lowest BCUT2D eigenvalue weighted by molar-refractivity contribution is 0.234. The minimum Gasteiger partial charge on any atom is -0.493 e. The number of rotatable bonds is 5. The molecule has 0 aliphatic carbocycles. The van der Waals surface area contributed by atoms with Crippen molar-refractivity contribution in [1.29, 1.82) is 0 Å². The van der Waals surface area contributed by atoms with Gasteiger partial charge in [0.2, 0.25) is 0 Å². The SMILES string of the molecule is COc1cccc(C(c2ccncc2C)N2CCCNCC2)c1OC. The molecule has 1 saturated heterocycles. The lowest BCUT2D eigenvalue weighted by Crippen LogP contribution is -2.33. The molecule has 1 aromatic carbocycles. The standard InChI is InChI=1S/C20H27N3O2/c1-15-14-22-10-8-16(15)19(23-12-5-9-21-11-13-23)17-6-4-7-18(24-2)20(17)25-3/h4,6-8,10,14,19,21H,5,9,11-13H2,1-3H3. The summed E-state index contributed by atoms with van der Waals surface area (Å²) in [6.07, 6.45) is 4.94.